The van der Waals surface area contributed by atoms with Crippen molar-refractivity contribution in [3.05, 3.63) is 39.4 Å². The van der Waals surface area contributed by atoms with Gasteiger partial charge in [-0.2, -0.15) is 0 Å². The van der Waals surface area contributed by atoms with Crippen LogP contribution in [0.3, 0.4) is 0 Å². The molecule has 0 heterocycles. The summed E-state index contributed by atoms with van der Waals surface area (Å²) in [6, 6.07) is 1.34. The lowest BCUT2D eigenvalue weighted by Crippen LogP contribution is -2.32. The molecule has 0 saturated carbocycles. The third-order valence-electron chi connectivity index (χ3n) is 1.84. The molecule has 0 aliphatic rings. The number of nitrogens with zero attached hydrogens (tertiary/aromatic N) is 2. The summed E-state index contributed by atoms with van der Waals surface area (Å²) in [5.74, 6) is 2.26. The first-order valence-electron chi connectivity index (χ1n) is 4.08. The number of nitro groups is 1. The Morgan fingerprint density at radius 1 is 1.56 bits per heavy atom. The molecule has 6 nitrogen and oxygen atoms in total. The summed E-state index contributed by atoms with van der Waals surface area (Å²) < 4.78 is 26.3. The van der Waals surface area contributed by atoms with E-state index in [9.17, 15) is 18.9 Å². The number of halogens is 2. The molecule has 0 amide bonds. The minimum atomic E-state index is -1.33. The fourth-order valence-electron chi connectivity index (χ4n) is 1.12. The van der Waals surface area contributed by atoms with E-state index in [0.717, 1.165) is 6.07 Å². The van der Waals surface area contributed by atoms with Crippen LogP contribution in [0.15, 0.2) is 17.1 Å². The van der Waals surface area contributed by atoms with Crippen molar-refractivity contribution < 1.29 is 13.7 Å². The zero-order chi connectivity index (χ0) is 12.3. The zero-order valence-corrected chi connectivity index (χ0v) is 8.20. The summed E-state index contributed by atoms with van der Waals surface area (Å²) in [6.07, 6.45) is 0. The highest BCUT2D eigenvalue weighted by Crippen LogP contribution is 2.20. The van der Waals surface area contributed by atoms with E-state index in [0.29, 0.717) is 6.07 Å². The molecule has 86 valence electrons. The second-order valence-electron chi connectivity index (χ2n) is 2.76. The van der Waals surface area contributed by atoms with Crippen LogP contribution in [0, 0.1) is 21.7 Å². The second-order valence-corrected chi connectivity index (χ2v) is 2.76. The SMILES string of the molecule is CN=C(NN)c1cc([N+](=O)[O-])cc(F)c1F. The third-order valence-corrected chi connectivity index (χ3v) is 1.84. The minimum Gasteiger partial charge on any atom is -0.308 e. The van der Waals surface area contributed by atoms with Crippen LogP contribution < -0.4 is 11.3 Å². The lowest BCUT2D eigenvalue weighted by Gasteiger charge is -2.06. The Morgan fingerprint density at radius 3 is 2.62 bits per heavy atom. The second kappa shape index (κ2) is 4.62. The highest BCUT2D eigenvalue weighted by atomic mass is 19.2. The predicted molar refractivity (Wildman–Crippen MR) is 52.8 cm³/mol. The number of non-ortho nitro benzene ring substituents is 1. The van der Waals surface area contributed by atoms with Crippen LogP contribution in [0.5, 0.6) is 0 Å². The van der Waals surface area contributed by atoms with Crippen LogP contribution in [0.4, 0.5) is 14.5 Å². The molecule has 1 rings (SSSR count). The number of nitro benzene ring substituents is 1. The van der Waals surface area contributed by atoms with Crippen molar-refractivity contribution in [1.29, 1.82) is 0 Å². The van der Waals surface area contributed by atoms with E-state index < -0.39 is 27.8 Å². The maximum absolute atomic E-state index is 13.3. The molecular weight excluding hydrogens is 222 g/mol. The van der Waals surface area contributed by atoms with Gasteiger partial charge in [-0.05, 0) is 0 Å². The van der Waals surface area contributed by atoms with Crippen molar-refractivity contribution in [3.63, 3.8) is 0 Å². The summed E-state index contributed by atoms with van der Waals surface area (Å²) in [6.45, 7) is 0. The largest absolute Gasteiger partial charge is 0.308 e. The van der Waals surface area contributed by atoms with E-state index in [2.05, 4.69) is 4.99 Å². The summed E-state index contributed by atoms with van der Waals surface area (Å²) in [5, 5.41) is 10.4. The van der Waals surface area contributed by atoms with E-state index in [1.165, 1.54) is 7.05 Å². The molecule has 0 spiro atoms. The molecule has 0 radical (unpaired) electrons. The van der Waals surface area contributed by atoms with Gasteiger partial charge >= 0.3 is 0 Å². The number of hydrazine groups is 1. The van der Waals surface area contributed by atoms with Crippen LogP contribution in [-0.4, -0.2) is 17.8 Å². The van der Waals surface area contributed by atoms with Crippen LogP contribution in [0.25, 0.3) is 0 Å². The van der Waals surface area contributed by atoms with E-state index in [4.69, 9.17) is 5.84 Å². The monoisotopic (exact) mass is 230 g/mol. The van der Waals surface area contributed by atoms with Crippen LogP contribution >= 0.6 is 0 Å². The molecule has 0 aliphatic carbocycles. The normalized spacial score (nSPS) is 11.4. The van der Waals surface area contributed by atoms with Crippen molar-refractivity contribution in [2.45, 2.75) is 0 Å². The molecule has 0 fully saturated rings. The van der Waals surface area contributed by atoms with Crippen molar-refractivity contribution >= 4 is 11.5 Å². The Hall–Kier alpha value is -2.09. The number of hydrogen-bond donors (Lipinski definition) is 2. The molecule has 0 saturated heterocycles. The van der Waals surface area contributed by atoms with E-state index in [1.807, 2.05) is 5.43 Å². The van der Waals surface area contributed by atoms with Gasteiger partial charge in [0.05, 0.1) is 16.6 Å². The molecule has 16 heavy (non-hydrogen) atoms. The zero-order valence-electron chi connectivity index (χ0n) is 8.20. The standard InChI is InChI=1S/C8H8F2N4O2/c1-12-8(13-11)5-2-4(14(15)16)3-6(9)7(5)10/h2-3H,11H2,1H3,(H,12,13). The van der Waals surface area contributed by atoms with E-state index in [-0.39, 0.29) is 5.84 Å². The predicted octanol–water partition coefficient (Wildman–Crippen LogP) is 0.713. The highest BCUT2D eigenvalue weighted by Gasteiger charge is 2.19. The number of amidine groups is 1. The summed E-state index contributed by atoms with van der Waals surface area (Å²) in [5.41, 5.74) is 1.05. The van der Waals surface area contributed by atoms with Crippen LogP contribution in [0.2, 0.25) is 0 Å². The van der Waals surface area contributed by atoms with Gasteiger partial charge in [-0.25, -0.2) is 14.6 Å². The topological polar surface area (TPSA) is 93.5 Å². The van der Waals surface area contributed by atoms with Gasteiger partial charge in [-0.3, -0.25) is 15.1 Å². The van der Waals surface area contributed by atoms with E-state index in [1.54, 1.807) is 0 Å². The fourth-order valence-corrected chi connectivity index (χ4v) is 1.12. The summed E-state index contributed by atoms with van der Waals surface area (Å²) >= 11 is 0. The van der Waals surface area contributed by atoms with Gasteiger partial charge in [0.25, 0.3) is 5.69 Å². The van der Waals surface area contributed by atoms with Gasteiger partial charge < -0.3 is 5.43 Å². The number of hydrogen-bond acceptors (Lipinski definition) is 4. The van der Waals surface area contributed by atoms with Gasteiger partial charge in [-0.15, -0.1) is 0 Å². The Kier molecular flexibility index (Phi) is 3.46. The van der Waals surface area contributed by atoms with Gasteiger partial charge in [0.1, 0.15) is 5.84 Å². The third kappa shape index (κ3) is 2.11. The molecule has 0 aliphatic heterocycles. The van der Waals surface area contributed by atoms with Crippen molar-refractivity contribution in [2.75, 3.05) is 7.05 Å². The minimum absolute atomic E-state index is 0.180. The van der Waals surface area contributed by atoms with E-state index >= 15 is 0 Å². The quantitative estimate of drug-likeness (QED) is 0.257. The average molecular weight is 230 g/mol. The number of benzene rings is 1. The molecule has 8 heteroatoms. The smallest absolute Gasteiger partial charge is 0.273 e. The number of rotatable bonds is 2. The average Bonchev–Trinajstić information content (AvgIpc) is 2.25. The number of nitrogens with one attached hydrogen (secondary N) is 1. The number of aliphatic imine (C=N–C) groups is 1. The van der Waals surface area contributed by atoms with Crippen molar-refractivity contribution in [1.82, 2.24) is 5.43 Å². The van der Waals surface area contributed by atoms with Crippen LogP contribution in [-0.2, 0) is 0 Å². The molecule has 0 unspecified atom stereocenters. The van der Waals surface area contributed by atoms with Gasteiger partial charge in [0.15, 0.2) is 11.6 Å². The Labute approximate surface area is 88.9 Å². The Morgan fingerprint density at radius 2 is 2.19 bits per heavy atom. The van der Waals surface area contributed by atoms with Crippen LogP contribution in [0.1, 0.15) is 5.56 Å². The fraction of sp³-hybridized carbons (Fsp3) is 0.125. The first-order valence-corrected chi connectivity index (χ1v) is 4.08. The summed E-state index contributed by atoms with van der Waals surface area (Å²) in [7, 11) is 1.28. The molecule has 1 aromatic carbocycles. The highest BCUT2D eigenvalue weighted by molar-refractivity contribution is 5.99. The first-order chi connectivity index (χ1) is 7.51. The molecule has 0 aromatic heterocycles. The molecule has 0 atom stereocenters. The van der Waals surface area contributed by atoms with Gasteiger partial charge in [0.2, 0.25) is 0 Å². The maximum atomic E-state index is 13.3. The summed E-state index contributed by atoms with van der Waals surface area (Å²) in [4.78, 5) is 13.1. The van der Waals surface area contributed by atoms with Crippen molar-refractivity contribution in [3.8, 4) is 0 Å². The molecular formula is C8H8F2N4O2. The Bertz CT molecular complexity index is 462. The van der Waals surface area contributed by atoms with Crippen molar-refractivity contribution in [2.24, 2.45) is 10.8 Å². The Balaban J connectivity index is 3.43. The first kappa shape index (κ1) is 12.0. The molecule has 1 aromatic rings. The maximum Gasteiger partial charge on any atom is 0.273 e. The lowest BCUT2D eigenvalue weighted by atomic mass is 10.1. The van der Waals surface area contributed by atoms with Gasteiger partial charge in [0, 0.05) is 13.1 Å². The van der Waals surface area contributed by atoms with Gasteiger partial charge in [-0.1, -0.05) is 0 Å². The molecule has 0 bridgehead atoms. The number of nitrogens with two attached hydrogens (primary N) is 1. The molecule has 3 N–H and O–H groups in total. The lowest BCUT2D eigenvalue weighted by molar-refractivity contribution is -0.385.